The summed E-state index contributed by atoms with van der Waals surface area (Å²) in [5, 5.41) is 5.70. The summed E-state index contributed by atoms with van der Waals surface area (Å²) in [7, 11) is 0. The molecule has 0 aromatic heterocycles. The van der Waals surface area contributed by atoms with Gasteiger partial charge in [0.05, 0.1) is 0 Å². The molecule has 1 aromatic rings. The van der Waals surface area contributed by atoms with Crippen molar-refractivity contribution in [1.29, 1.82) is 0 Å². The van der Waals surface area contributed by atoms with Crippen molar-refractivity contribution in [1.82, 2.24) is 15.5 Å². The topological polar surface area (TPSA) is 87.7 Å². The van der Waals surface area contributed by atoms with E-state index in [9.17, 15) is 14.4 Å². The third-order valence-electron chi connectivity index (χ3n) is 4.96. The van der Waals surface area contributed by atoms with Gasteiger partial charge in [-0.1, -0.05) is 56.2 Å². The minimum atomic E-state index is -0.842. The van der Waals surface area contributed by atoms with Gasteiger partial charge < -0.3 is 20.3 Å². The van der Waals surface area contributed by atoms with Gasteiger partial charge in [-0.2, -0.15) is 11.8 Å². The SMILES string of the molecule is C=CCN(C(=O)C(CCSC)NC(=O)OC(C)(C)C)C(C(=O)NCCCCC)c1ccccc1. The van der Waals surface area contributed by atoms with E-state index in [1.807, 2.05) is 36.6 Å². The Kier molecular flexibility index (Phi) is 13.4. The van der Waals surface area contributed by atoms with Crippen molar-refractivity contribution in [2.45, 2.75) is 71.1 Å². The van der Waals surface area contributed by atoms with Crippen LogP contribution in [-0.2, 0) is 14.3 Å². The smallest absolute Gasteiger partial charge is 0.408 e. The van der Waals surface area contributed by atoms with E-state index in [1.54, 1.807) is 38.6 Å². The van der Waals surface area contributed by atoms with Crippen molar-refractivity contribution >= 4 is 29.7 Å². The Bertz CT molecular complexity index is 780. The zero-order chi connectivity index (χ0) is 25.6. The van der Waals surface area contributed by atoms with Gasteiger partial charge in [-0.25, -0.2) is 4.79 Å². The summed E-state index contributed by atoms with van der Waals surface area (Å²) in [5.74, 6) is 0.0589. The summed E-state index contributed by atoms with van der Waals surface area (Å²) in [4.78, 5) is 41.0. The van der Waals surface area contributed by atoms with Crippen LogP contribution in [0.15, 0.2) is 43.0 Å². The lowest BCUT2D eigenvalue weighted by atomic mass is 10.0. The number of hydrogen-bond acceptors (Lipinski definition) is 5. The lowest BCUT2D eigenvalue weighted by molar-refractivity contribution is -0.141. The highest BCUT2D eigenvalue weighted by atomic mass is 32.2. The van der Waals surface area contributed by atoms with Gasteiger partial charge in [-0.05, 0) is 51.2 Å². The van der Waals surface area contributed by atoms with E-state index in [0.29, 0.717) is 24.3 Å². The lowest BCUT2D eigenvalue weighted by Crippen LogP contribution is -2.53. The van der Waals surface area contributed by atoms with Crippen molar-refractivity contribution in [3.05, 3.63) is 48.6 Å². The second-order valence-electron chi connectivity index (χ2n) is 9.07. The Balaban J connectivity index is 3.25. The first-order valence-corrected chi connectivity index (χ1v) is 13.3. The number of carbonyl (C=O) groups excluding carboxylic acids is 3. The van der Waals surface area contributed by atoms with Crippen LogP contribution in [0.25, 0.3) is 0 Å². The zero-order valence-electron chi connectivity index (χ0n) is 21.3. The number of ether oxygens (including phenoxy) is 1. The van der Waals surface area contributed by atoms with Crippen LogP contribution in [0.5, 0.6) is 0 Å². The second kappa shape index (κ2) is 15.4. The van der Waals surface area contributed by atoms with Crippen molar-refractivity contribution in [2.24, 2.45) is 0 Å². The van der Waals surface area contributed by atoms with Crippen LogP contribution in [0.4, 0.5) is 4.79 Å². The lowest BCUT2D eigenvalue weighted by Gasteiger charge is -2.34. The summed E-state index contributed by atoms with van der Waals surface area (Å²) in [6.07, 6.45) is 6.21. The van der Waals surface area contributed by atoms with Crippen LogP contribution in [0.2, 0.25) is 0 Å². The van der Waals surface area contributed by atoms with E-state index in [0.717, 1.165) is 19.3 Å². The van der Waals surface area contributed by atoms with E-state index in [2.05, 4.69) is 24.1 Å². The second-order valence-corrected chi connectivity index (χ2v) is 10.1. The Morgan fingerprint density at radius 3 is 2.41 bits per heavy atom. The average Bonchev–Trinajstić information content (AvgIpc) is 2.78. The number of rotatable bonds is 14. The molecule has 0 aliphatic rings. The van der Waals surface area contributed by atoms with Crippen LogP contribution in [0.3, 0.4) is 0 Å². The number of amides is 3. The summed E-state index contributed by atoms with van der Waals surface area (Å²) < 4.78 is 5.38. The molecule has 2 N–H and O–H groups in total. The van der Waals surface area contributed by atoms with Crippen molar-refractivity contribution in [3.63, 3.8) is 0 Å². The van der Waals surface area contributed by atoms with Crippen LogP contribution in [0, 0.1) is 0 Å². The molecule has 0 spiro atoms. The highest BCUT2D eigenvalue weighted by Gasteiger charge is 2.35. The predicted octanol–water partition coefficient (Wildman–Crippen LogP) is 4.70. The number of benzene rings is 1. The Hall–Kier alpha value is -2.48. The normalized spacial score (nSPS) is 12.9. The molecule has 0 saturated carbocycles. The molecule has 0 radical (unpaired) electrons. The van der Waals surface area contributed by atoms with Gasteiger partial charge >= 0.3 is 6.09 Å². The van der Waals surface area contributed by atoms with Gasteiger partial charge in [0, 0.05) is 13.1 Å². The van der Waals surface area contributed by atoms with E-state index in [1.165, 1.54) is 4.90 Å². The van der Waals surface area contributed by atoms with Gasteiger partial charge in [0.15, 0.2) is 0 Å². The third-order valence-corrected chi connectivity index (χ3v) is 5.61. The van der Waals surface area contributed by atoms with E-state index >= 15 is 0 Å². The molecular formula is C26H41N3O4S. The molecule has 190 valence electrons. The highest BCUT2D eigenvalue weighted by Crippen LogP contribution is 2.23. The minimum absolute atomic E-state index is 0.159. The molecule has 1 aromatic carbocycles. The van der Waals surface area contributed by atoms with Crippen LogP contribution in [0.1, 0.15) is 65.0 Å². The van der Waals surface area contributed by atoms with E-state index in [4.69, 9.17) is 4.74 Å². The molecular weight excluding hydrogens is 450 g/mol. The van der Waals surface area contributed by atoms with Crippen LogP contribution < -0.4 is 10.6 Å². The van der Waals surface area contributed by atoms with Gasteiger partial charge in [0.25, 0.3) is 0 Å². The maximum Gasteiger partial charge on any atom is 0.408 e. The number of nitrogens with one attached hydrogen (secondary N) is 2. The Morgan fingerprint density at radius 1 is 1.18 bits per heavy atom. The average molecular weight is 492 g/mol. The first kappa shape index (κ1) is 29.6. The molecule has 34 heavy (non-hydrogen) atoms. The third kappa shape index (κ3) is 10.6. The van der Waals surface area contributed by atoms with E-state index < -0.39 is 23.8 Å². The number of carbonyl (C=O) groups is 3. The molecule has 0 bridgehead atoms. The summed E-state index contributed by atoms with van der Waals surface area (Å²) in [5.41, 5.74) is 0.00901. The summed E-state index contributed by atoms with van der Waals surface area (Å²) >= 11 is 1.58. The number of nitrogens with zero attached hydrogens (tertiary/aromatic N) is 1. The molecule has 0 heterocycles. The number of unbranched alkanes of at least 4 members (excludes halogenated alkanes) is 2. The highest BCUT2D eigenvalue weighted by molar-refractivity contribution is 7.98. The fourth-order valence-corrected chi connectivity index (χ4v) is 3.87. The molecule has 0 aliphatic carbocycles. The molecule has 8 heteroatoms. The fraction of sp³-hybridized carbons (Fsp3) is 0.577. The first-order chi connectivity index (χ1) is 16.1. The van der Waals surface area contributed by atoms with Crippen molar-refractivity contribution < 1.29 is 19.1 Å². The monoisotopic (exact) mass is 491 g/mol. The first-order valence-electron chi connectivity index (χ1n) is 11.9. The van der Waals surface area contributed by atoms with Gasteiger partial charge in [0.2, 0.25) is 11.8 Å². The largest absolute Gasteiger partial charge is 0.444 e. The molecule has 7 nitrogen and oxygen atoms in total. The van der Waals surface area contributed by atoms with Crippen molar-refractivity contribution in [2.75, 3.05) is 25.1 Å². The standard InChI is InChI=1S/C26H41N3O4S/c1-7-9-13-17-27-23(30)22(20-14-11-10-12-15-20)29(18-8-2)24(31)21(16-19-34-6)28-25(32)33-26(3,4)5/h8,10-12,14-15,21-22H,2,7,9,13,16-19H2,1,3-6H3,(H,27,30)(H,28,32). The van der Waals surface area contributed by atoms with Gasteiger partial charge in [-0.15, -0.1) is 6.58 Å². The summed E-state index contributed by atoms with van der Waals surface area (Å²) in [6.45, 7) is 11.9. The maximum absolute atomic E-state index is 13.8. The maximum atomic E-state index is 13.8. The molecule has 0 saturated heterocycles. The number of alkyl carbamates (subject to hydrolysis) is 1. The zero-order valence-corrected chi connectivity index (χ0v) is 22.1. The quantitative estimate of drug-likeness (QED) is 0.291. The van der Waals surface area contributed by atoms with Crippen LogP contribution >= 0.6 is 11.8 Å². The van der Waals surface area contributed by atoms with Crippen LogP contribution in [-0.4, -0.2) is 59.5 Å². The minimum Gasteiger partial charge on any atom is -0.444 e. The molecule has 0 aliphatic heterocycles. The molecule has 3 amide bonds. The predicted molar refractivity (Wildman–Crippen MR) is 140 cm³/mol. The van der Waals surface area contributed by atoms with E-state index in [-0.39, 0.29) is 18.4 Å². The van der Waals surface area contributed by atoms with Gasteiger partial charge in [0.1, 0.15) is 17.7 Å². The summed E-state index contributed by atoms with van der Waals surface area (Å²) in [6, 6.07) is 7.54. The Labute approximate surface area is 209 Å². The Morgan fingerprint density at radius 2 is 1.85 bits per heavy atom. The fourth-order valence-electron chi connectivity index (χ4n) is 3.40. The molecule has 0 fully saturated rings. The molecule has 2 unspecified atom stereocenters. The van der Waals surface area contributed by atoms with Crippen molar-refractivity contribution in [3.8, 4) is 0 Å². The molecule has 2 atom stereocenters. The molecule has 1 rings (SSSR count). The van der Waals surface area contributed by atoms with Gasteiger partial charge in [-0.3, -0.25) is 9.59 Å². The number of thioether (sulfide) groups is 1. The number of hydrogen-bond donors (Lipinski definition) is 2.